The molecule has 0 heteroatoms. The number of hydrogen-bond donors (Lipinski definition) is 0. The molecular formula is C50H30. The fourth-order valence-corrected chi connectivity index (χ4v) is 8.43. The summed E-state index contributed by atoms with van der Waals surface area (Å²) in [5.41, 5.74) is 12.9. The van der Waals surface area contributed by atoms with Gasteiger partial charge < -0.3 is 0 Å². The number of benzene rings is 10. The van der Waals surface area contributed by atoms with E-state index in [1.165, 1.54) is 109 Å². The van der Waals surface area contributed by atoms with Crippen LogP contribution in [0.3, 0.4) is 0 Å². The minimum Gasteiger partial charge on any atom is -0.0622 e. The summed E-state index contributed by atoms with van der Waals surface area (Å²) in [5.74, 6) is 0. The van der Waals surface area contributed by atoms with E-state index in [1.807, 2.05) is 0 Å². The van der Waals surface area contributed by atoms with Crippen molar-refractivity contribution >= 4 is 53.9 Å². The van der Waals surface area contributed by atoms with Gasteiger partial charge in [0.2, 0.25) is 0 Å². The second-order valence-corrected chi connectivity index (χ2v) is 13.7. The second-order valence-electron chi connectivity index (χ2n) is 13.7. The Morgan fingerprint density at radius 2 is 0.640 bits per heavy atom. The second kappa shape index (κ2) is 10.5. The predicted molar refractivity (Wildman–Crippen MR) is 215 cm³/mol. The van der Waals surface area contributed by atoms with Crippen molar-refractivity contribution < 1.29 is 0 Å². The molecule has 0 amide bonds. The summed E-state index contributed by atoms with van der Waals surface area (Å²) in [4.78, 5) is 0. The number of rotatable bonds is 3. The van der Waals surface area contributed by atoms with Gasteiger partial charge in [0.1, 0.15) is 0 Å². The Bertz CT molecular complexity index is 3020. The zero-order valence-corrected chi connectivity index (χ0v) is 27.3. The topological polar surface area (TPSA) is 0 Å². The van der Waals surface area contributed by atoms with Gasteiger partial charge in [0.05, 0.1) is 0 Å². The van der Waals surface area contributed by atoms with E-state index in [2.05, 4.69) is 182 Å². The summed E-state index contributed by atoms with van der Waals surface area (Å²) in [6.45, 7) is 0. The van der Waals surface area contributed by atoms with Crippen molar-refractivity contribution in [3.8, 4) is 55.6 Å². The normalized spacial score (nSPS) is 12.0. The van der Waals surface area contributed by atoms with Gasteiger partial charge in [-0.15, -0.1) is 0 Å². The first-order valence-corrected chi connectivity index (χ1v) is 17.4. The standard InChI is InChI=1S/C50H30/c1-2-8-31(9-3-1)34-14-15-36-25-37(17-16-35(36)24-34)38-18-19-40-27-42(21-20-39(40)26-38)44-22-23-45-46-28-32-10-4-5-11-33(32)29-47(46)48-30-41-12-6-7-13-43(41)49(44)50(45)48/h1-30H. The lowest BCUT2D eigenvalue weighted by Gasteiger charge is -2.14. The van der Waals surface area contributed by atoms with Crippen molar-refractivity contribution in [3.63, 3.8) is 0 Å². The van der Waals surface area contributed by atoms with Gasteiger partial charge in [-0.05, 0) is 152 Å². The lowest BCUT2D eigenvalue weighted by molar-refractivity contribution is 1.63. The Morgan fingerprint density at radius 1 is 0.200 bits per heavy atom. The van der Waals surface area contributed by atoms with E-state index in [0.29, 0.717) is 0 Å². The highest BCUT2D eigenvalue weighted by Gasteiger charge is 2.25. The molecule has 230 valence electrons. The van der Waals surface area contributed by atoms with Crippen LogP contribution in [0.25, 0.3) is 109 Å². The smallest absolute Gasteiger partial charge is 0.00137 e. The van der Waals surface area contributed by atoms with Gasteiger partial charge in [-0.1, -0.05) is 140 Å². The average Bonchev–Trinajstić information content (AvgIpc) is 3.49. The van der Waals surface area contributed by atoms with E-state index in [-0.39, 0.29) is 0 Å². The number of fused-ring (bicyclic) bond motifs is 8. The van der Waals surface area contributed by atoms with Crippen LogP contribution in [0.15, 0.2) is 182 Å². The average molecular weight is 631 g/mol. The molecule has 10 aromatic rings. The van der Waals surface area contributed by atoms with Gasteiger partial charge in [0.15, 0.2) is 0 Å². The fraction of sp³-hybridized carbons (Fsp3) is 0. The molecule has 0 aromatic heterocycles. The van der Waals surface area contributed by atoms with Crippen LogP contribution in [0.5, 0.6) is 0 Å². The van der Waals surface area contributed by atoms with E-state index in [1.54, 1.807) is 0 Å². The van der Waals surface area contributed by atoms with Crippen molar-refractivity contribution in [2.24, 2.45) is 0 Å². The van der Waals surface area contributed by atoms with Crippen LogP contribution in [-0.2, 0) is 0 Å². The van der Waals surface area contributed by atoms with Crippen LogP contribution in [0, 0.1) is 0 Å². The van der Waals surface area contributed by atoms with Gasteiger partial charge in [0.25, 0.3) is 0 Å². The van der Waals surface area contributed by atoms with E-state index in [4.69, 9.17) is 0 Å². The Kier molecular flexibility index (Phi) is 5.76. The van der Waals surface area contributed by atoms with Crippen LogP contribution in [0.1, 0.15) is 0 Å². The highest BCUT2D eigenvalue weighted by atomic mass is 14.3. The molecule has 50 heavy (non-hydrogen) atoms. The highest BCUT2D eigenvalue weighted by Crippen LogP contribution is 2.52. The van der Waals surface area contributed by atoms with Crippen molar-refractivity contribution in [2.75, 3.05) is 0 Å². The molecule has 0 fully saturated rings. The van der Waals surface area contributed by atoms with Crippen molar-refractivity contribution in [3.05, 3.63) is 182 Å². The summed E-state index contributed by atoms with van der Waals surface area (Å²) in [7, 11) is 0. The molecule has 0 unspecified atom stereocenters. The lowest BCUT2D eigenvalue weighted by atomic mass is 9.89. The molecule has 0 N–H and O–H groups in total. The van der Waals surface area contributed by atoms with Crippen LogP contribution in [0.2, 0.25) is 0 Å². The third kappa shape index (κ3) is 4.12. The summed E-state index contributed by atoms with van der Waals surface area (Å²) < 4.78 is 0. The summed E-state index contributed by atoms with van der Waals surface area (Å²) >= 11 is 0. The maximum absolute atomic E-state index is 2.41. The predicted octanol–water partition coefficient (Wildman–Crippen LogP) is 14.1. The van der Waals surface area contributed by atoms with Gasteiger partial charge >= 0.3 is 0 Å². The maximum atomic E-state index is 2.41. The van der Waals surface area contributed by atoms with E-state index in [9.17, 15) is 0 Å². The largest absolute Gasteiger partial charge is 0.0622 e. The van der Waals surface area contributed by atoms with Crippen LogP contribution in [0.4, 0.5) is 0 Å². The molecule has 0 saturated heterocycles. The van der Waals surface area contributed by atoms with Gasteiger partial charge in [-0.25, -0.2) is 0 Å². The van der Waals surface area contributed by atoms with Gasteiger partial charge in [0, 0.05) is 0 Å². The maximum Gasteiger partial charge on any atom is -0.00137 e. The SMILES string of the molecule is c1ccc(-c2ccc3cc(-c4ccc5cc(-c6ccc7c8c(cc9ccccc9c68)-c6cc8ccccc8cc6-7)ccc5c4)ccc3c2)cc1. The van der Waals surface area contributed by atoms with Crippen LogP contribution in [-0.4, -0.2) is 0 Å². The van der Waals surface area contributed by atoms with Gasteiger partial charge in [-0.2, -0.15) is 0 Å². The first kappa shape index (κ1) is 27.5. The molecule has 11 rings (SSSR count). The first-order valence-electron chi connectivity index (χ1n) is 17.4. The summed E-state index contributed by atoms with van der Waals surface area (Å²) in [6, 6.07) is 67.6. The third-order valence-corrected chi connectivity index (χ3v) is 10.9. The monoisotopic (exact) mass is 630 g/mol. The Labute approximate surface area is 290 Å². The van der Waals surface area contributed by atoms with E-state index < -0.39 is 0 Å². The molecule has 0 nitrogen and oxygen atoms in total. The minimum absolute atomic E-state index is 1.24. The molecule has 0 heterocycles. The molecule has 0 aliphatic heterocycles. The third-order valence-electron chi connectivity index (χ3n) is 10.9. The van der Waals surface area contributed by atoms with E-state index in [0.717, 1.165) is 0 Å². The van der Waals surface area contributed by atoms with Gasteiger partial charge in [-0.3, -0.25) is 0 Å². The Balaban J connectivity index is 1.03. The Morgan fingerprint density at radius 3 is 1.28 bits per heavy atom. The van der Waals surface area contributed by atoms with Crippen molar-refractivity contribution in [1.29, 1.82) is 0 Å². The first-order chi connectivity index (χ1) is 24.7. The molecule has 10 aromatic carbocycles. The summed E-state index contributed by atoms with van der Waals surface area (Å²) in [6.07, 6.45) is 0. The van der Waals surface area contributed by atoms with Crippen molar-refractivity contribution in [2.45, 2.75) is 0 Å². The fourth-order valence-electron chi connectivity index (χ4n) is 8.43. The molecule has 1 aliphatic rings. The van der Waals surface area contributed by atoms with Crippen LogP contribution >= 0.6 is 0 Å². The molecule has 0 saturated carbocycles. The number of hydrogen-bond acceptors (Lipinski definition) is 0. The molecule has 0 spiro atoms. The molecular weight excluding hydrogens is 601 g/mol. The molecule has 0 radical (unpaired) electrons. The van der Waals surface area contributed by atoms with E-state index >= 15 is 0 Å². The Hall–Kier alpha value is -6.50. The van der Waals surface area contributed by atoms with Crippen LogP contribution < -0.4 is 0 Å². The minimum atomic E-state index is 1.24. The summed E-state index contributed by atoms with van der Waals surface area (Å²) in [5, 5.41) is 12.9. The zero-order chi connectivity index (χ0) is 32.8. The molecule has 0 bridgehead atoms. The van der Waals surface area contributed by atoms with Crippen molar-refractivity contribution in [1.82, 2.24) is 0 Å². The quantitative estimate of drug-likeness (QED) is 0.170. The highest BCUT2D eigenvalue weighted by molar-refractivity contribution is 6.28. The molecule has 0 atom stereocenters. The zero-order valence-electron chi connectivity index (χ0n) is 27.3. The lowest BCUT2D eigenvalue weighted by Crippen LogP contribution is -1.87. The molecule has 1 aliphatic carbocycles.